The second-order valence-electron chi connectivity index (χ2n) is 7.61. The SMILES string of the molecule is CCN(C(=O)[C@@H]1[C@@H](C=C(Cl)Cl)C1(C)C)c1ccc([C@](O)(C(=O)OC)C(F)(F)F)cc1. The van der Waals surface area contributed by atoms with Gasteiger partial charge in [-0.2, -0.15) is 13.2 Å². The number of amides is 1. The summed E-state index contributed by atoms with van der Waals surface area (Å²) < 4.78 is 44.4. The van der Waals surface area contributed by atoms with E-state index in [0.29, 0.717) is 5.69 Å². The van der Waals surface area contributed by atoms with Gasteiger partial charge in [-0.3, -0.25) is 4.79 Å². The van der Waals surface area contributed by atoms with E-state index in [-0.39, 0.29) is 28.3 Å². The number of carbonyl (C=O) groups excluding carboxylic acids is 2. The number of hydrogen-bond acceptors (Lipinski definition) is 4. The molecule has 1 aromatic carbocycles. The van der Waals surface area contributed by atoms with Gasteiger partial charge in [0.25, 0.3) is 5.60 Å². The zero-order valence-electron chi connectivity index (χ0n) is 16.8. The summed E-state index contributed by atoms with van der Waals surface area (Å²) in [4.78, 5) is 26.1. The molecule has 1 fully saturated rings. The lowest BCUT2D eigenvalue weighted by Gasteiger charge is -2.29. The van der Waals surface area contributed by atoms with Gasteiger partial charge >= 0.3 is 12.1 Å². The monoisotopic (exact) mass is 467 g/mol. The first-order valence-electron chi connectivity index (χ1n) is 9.05. The summed E-state index contributed by atoms with van der Waals surface area (Å²) in [5, 5.41) is 10.1. The van der Waals surface area contributed by atoms with Gasteiger partial charge in [0, 0.05) is 17.8 Å². The molecule has 10 heteroatoms. The van der Waals surface area contributed by atoms with E-state index in [9.17, 15) is 27.9 Å². The van der Waals surface area contributed by atoms with Crippen LogP contribution in [0.2, 0.25) is 0 Å². The van der Waals surface area contributed by atoms with Crippen molar-refractivity contribution in [3.8, 4) is 0 Å². The summed E-state index contributed by atoms with van der Waals surface area (Å²) in [7, 11) is 0.750. The number of hydrogen-bond donors (Lipinski definition) is 1. The third-order valence-corrected chi connectivity index (χ3v) is 5.80. The second-order valence-corrected chi connectivity index (χ2v) is 8.62. The fourth-order valence-corrected chi connectivity index (χ4v) is 3.93. The van der Waals surface area contributed by atoms with Crippen LogP contribution in [0.5, 0.6) is 0 Å². The highest BCUT2D eigenvalue weighted by molar-refractivity contribution is 6.55. The van der Waals surface area contributed by atoms with Crippen LogP contribution >= 0.6 is 23.2 Å². The number of allylic oxidation sites excluding steroid dienone is 1. The van der Waals surface area contributed by atoms with E-state index in [1.165, 1.54) is 17.0 Å². The molecule has 0 spiro atoms. The molecule has 1 amide bonds. The molecule has 0 bridgehead atoms. The Morgan fingerprint density at radius 1 is 1.23 bits per heavy atom. The van der Waals surface area contributed by atoms with Crippen LogP contribution in [0.3, 0.4) is 0 Å². The lowest BCUT2D eigenvalue weighted by Crippen LogP contribution is -2.49. The summed E-state index contributed by atoms with van der Waals surface area (Å²) in [6, 6.07) is 4.37. The number of carbonyl (C=O) groups is 2. The maximum absolute atomic E-state index is 13.4. The van der Waals surface area contributed by atoms with E-state index >= 15 is 0 Å². The summed E-state index contributed by atoms with van der Waals surface area (Å²) in [6.45, 7) is 5.77. The number of esters is 1. The van der Waals surface area contributed by atoms with Gasteiger partial charge in [0.15, 0.2) is 0 Å². The van der Waals surface area contributed by atoms with Crippen LogP contribution in [0, 0.1) is 17.3 Å². The Bertz CT molecular complexity index is 851. The van der Waals surface area contributed by atoms with Crippen LogP contribution in [-0.2, 0) is 19.9 Å². The number of alkyl halides is 3. The van der Waals surface area contributed by atoms with Crippen molar-refractivity contribution in [1.29, 1.82) is 0 Å². The summed E-state index contributed by atoms with van der Waals surface area (Å²) in [5.74, 6) is -2.65. The van der Waals surface area contributed by atoms with Crippen LogP contribution in [0.4, 0.5) is 18.9 Å². The van der Waals surface area contributed by atoms with E-state index in [2.05, 4.69) is 4.74 Å². The van der Waals surface area contributed by atoms with Crippen molar-refractivity contribution in [2.75, 3.05) is 18.6 Å². The molecule has 1 N–H and O–H groups in total. The zero-order valence-corrected chi connectivity index (χ0v) is 18.3. The summed E-state index contributed by atoms with van der Waals surface area (Å²) in [5.41, 5.74) is -4.58. The predicted octanol–water partition coefficient (Wildman–Crippen LogP) is 4.55. The maximum atomic E-state index is 13.4. The van der Waals surface area contributed by atoms with E-state index in [4.69, 9.17) is 23.2 Å². The van der Waals surface area contributed by atoms with Crippen molar-refractivity contribution in [2.24, 2.45) is 17.3 Å². The largest absolute Gasteiger partial charge is 0.466 e. The number of anilines is 1. The van der Waals surface area contributed by atoms with Crippen LogP contribution in [0.25, 0.3) is 0 Å². The van der Waals surface area contributed by atoms with E-state index in [0.717, 1.165) is 19.2 Å². The average molecular weight is 468 g/mol. The number of aliphatic hydroxyl groups is 1. The van der Waals surface area contributed by atoms with E-state index in [1.807, 2.05) is 13.8 Å². The Morgan fingerprint density at radius 3 is 2.17 bits per heavy atom. The van der Waals surface area contributed by atoms with Crippen LogP contribution in [-0.4, -0.2) is 36.8 Å². The molecule has 30 heavy (non-hydrogen) atoms. The standard InChI is InChI=1S/C20H22Cl2F3NO4/c1-5-26(16(27)15-13(10-14(21)22)18(15,2)3)12-8-6-11(7-9-12)19(29,17(28)30-4)20(23,24)25/h6-10,13,15,29H,5H2,1-4H3/t13-,15+,19+/m1/s1. The molecule has 0 heterocycles. The molecule has 0 aliphatic heterocycles. The smallest absolute Gasteiger partial charge is 0.432 e. The molecule has 2 rings (SSSR count). The van der Waals surface area contributed by atoms with Crippen molar-refractivity contribution in [3.05, 3.63) is 40.4 Å². The minimum atomic E-state index is -5.29. The lowest BCUT2D eigenvalue weighted by atomic mass is 9.93. The summed E-state index contributed by atoms with van der Waals surface area (Å²) in [6.07, 6.45) is -3.69. The normalized spacial score (nSPS) is 21.9. The lowest BCUT2D eigenvalue weighted by molar-refractivity contribution is -0.266. The molecule has 3 atom stereocenters. The predicted molar refractivity (Wildman–Crippen MR) is 107 cm³/mol. The Balaban J connectivity index is 2.35. The van der Waals surface area contributed by atoms with E-state index in [1.54, 1.807) is 13.0 Å². The minimum absolute atomic E-state index is 0.0602. The molecule has 1 aliphatic rings. The summed E-state index contributed by atoms with van der Waals surface area (Å²) >= 11 is 11.4. The van der Waals surface area contributed by atoms with Crippen molar-refractivity contribution in [2.45, 2.75) is 32.5 Å². The number of rotatable bonds is 6. The first kappa shape index (κ1) is 24.5. The molecule has 0 saturated heterocycles. The maximum Gasteiger partial charge on any atom is 0.432 e. The molecule has 1 saturated carbocycles. The molecular formula is C20H22Cl2F3NO4. The van der Waals surface area contributed by atoms with Crippen LogP contribution in [0.1, 0.15) is 26.3 Å². The van der Waals surface area contributed by atoms with Gasteiger partial charge in [0.05, 0.1) is 13.0 Å². The Labute approximate surface area is 182 Å². The highest BCUT2D eigenvalue weighted by Gasteiger charge is 2.63. The Hall–Kier alpha value is -1.77. The van der Waals surface area contributed by atoms with Gasteiger partial charge in [-0.25, -0.2) is 4.79 Å². The molecule has 1 aliphatic carbocycles. The molecule has 1 aromatic rings. The number of halogens is 5. The number of ether oxygens (including phenoxy) is 1. The fourth-order valence-electron chi connectivity index (χ4n) is 3.66. The highest BCUT2D eigenvalue weighted by atomic mass is 35.5. The molecule has 5 nitrogen and oxygen atoms in total. The quantitative estimate of drug-likeness (QED) is 0.623. The van der Waals surface area contributed by atoms with Crippen molar-refractivity contribution in [3.63, 3.8) is 0 Å². The average Bonchev–Trinajstić information content (AvgIpc) is 3.19. The Morgan fingerprint density at radius 2 is 1.77 bits per heavy atom. The zero-order chi connectivity index (χ0) is 23.1. The molecule has 0 radical (unpaired) electrons. The topological polar surface area (TPSA) is 66.8 Å². The van der Waals surface area contributed by atoms with Gasteiger partial charge in [-0.05, 0) is 36.5 Å². The minimum Gasteiger partial charge on any atom is -0.466 e. The van der Waals surface area contributed by atoms with Crippen molar-refractivity contribution in [1.82, 2.24) is 0 Å². The Kier molecular flexibility index (Phi) is 6.86. The van der Waals surface area contributed by atoms with Gasteiger partial charge in [0.1, 0.15) is 4.49 Å². The van der Waals surface area contributed by atoms with Gasteiger partial charge in [-0.1, -0.05) is 49.2 Å². The molecule has 0 unspecified atom stereocenters. The highest BCUT2D eigenvalue weighted by Crippen LogP contribution is 2.60. The molecular weight excluding hydrogens is 446 g/mol. The number of nitrogens with zero attached hydrogens (tertiary/aromatic N) is 1. The second kappa shape index (κ2) is 8.40. The van der Waals surface area contributed by atoms with E-state index < -0.39 is 29.2 Å². The van der Waals surface area contributed by atoms with Gasteiger partial charge in [-0.15, -0.1) is 0 Å². The van der Waals surface area contributed by atoms with Gasteiger partial charge in [0.2, 0.25) is 5.91 Å². The van der Waals surface area contributed by atoms with Crippen LogP contribution in [0.15, 0.2) is 34.8 Å². The number of methoxy groups -OCH3 is 1. The van der Waals surface area contributed by atoms with Crippen LogP contribution < -0.4 is 4.90 Å². The van der Waals surface area contributed by atoms with Crippen molar-refractivity contribution >= 4 is 40.8 Å². The first-order chi connectivity index (χ1) is 13.7. The first-order valence-corrected chi connectivity index (χ1v) is 9.81. The third kappa shape index (κ3) is 4.18. The third-order valence-electron chi connectivity index (χ3n) is 5.55. The fraction of sp³-hybridized carbons (Fsp3) is 0.500. The number of benzene rings is 1. The van der Waals surface area contributed by atoms with Gasteiger partial charge < -0.3 is 14.7 Å². The van der Waals surface area contributed by atoms with Crippen molar-refractivity contribution < 1.29 is 32.6 Å². The molecule has 0 aromatic heterocycles. The molecule has 166 valence electrons.